The summed E-state index contributed by atoms with van der Waals surface area (Å²) in [4.78, 5) is 27.0. The largest absolute Gasteiger partial charge is 0.469 e. The van der Waals surface area contributed by atoms with E-state index in [9.17, 15) is 18.4 Å². The number of likely N-dealkylation sites (tertiary alicyclic amines) is 1. The fourth-order valence-corrected chi connectivity index (χ4v) is 3.45. The van der Waals surface area contributed by atoms with Crippen LogP contribution in [0.25, 0.3) is 11.3 Å². The molecule has 1 aliphatic heterocycles. The SMILES string of the molecule is COC(=O)[C@@H]1CN(C(C)C)CC[C@H]1NC(=O)c1cc(-c2ccc(F)cc2F)on1. The van der Waals surface area contributed by atoms with Gasteiger partial charge in [0.1, 0.15) is 11.6 Å². The third kappa shape index (κ3) is 4.61. The molecule has 1 fully saturated rings. The van der Waals surface area contributed by atoms with Crippen LogP contribution in [0.2, 0.25) is 0 Å². The first-order valence-electron chi connectivity index (χ1n) is 9.35. The number of hydrogen-bond acceptors (Lipinski definition) is 6. The molecule has 0 saturated carbocycles. The van der Waals surface area contributed by atoms with E-state index >= 15 is 0 Å². The van der Waals surface area contributed by atoms with Gasteiger partial charge in [-0.25, -0.2) is 8.78 Å². The maximum atomic E-state index is 13.9. The first-order valence-corrected chi connectivity index (χ1v) is 9.35. The molecular formula is C20H23F2N3O4. The van der Waals surface area contributed by atoms with Gasteiger partial charge in [0.2, 0.25) is 0 Å². The molecule has 1 saturated heterocycles. The Morgan fingerprint density at radius 3 is 2.72 bits per heavy atom. The number of piperidine rings is 1. The lowest BCUT2D eigenvalue weighted by Crippen LogP contribution is -2.55. The summed E-state index contributed by atoms with van der Waals surface area (Å²) in [5.74, 6) is -2.98. The lowest BCUT2D eigenvalue weighted by atomic mass is 9.91. The number of carbonyl (C=O) groups excluding carboxylic acids is 2. The number of methoxy groups -OCH3 is 1. The van der Waals surface area contributed by atoms with Gasteiger partial charge in [0, 0.05) is 37.3 Å². The van der Waals surface area contributed by atoms with E-state index in [1.54, 1.807) is 0 Å². The number of nitrogens with one attached hydrogen (secondary N) is 1. The second-order valence-electron chi connectivity index (χ2n) is 7.29. The molecule has 1 amide bonds. The van der Waals surface area contributed by atoms with Crippen molar-refractivity contribution in [2.24, 2.45) is 5.92 Å². The Balaban J connectivity index is 1.74. The number of ether oxygens (including phenoxy) is 1. The highest BCUT2D eigenvalue weighted by atomic mass is 19.1. The van der Waals surface area contributed by atoms with Gasteiger partial charge in [-0.2, -0.15) is 0 Å². The zero-order valence-electron chi connectivity index (χ0n) is 16.4. The maximum Gasteiger partial charge on any atom is 0.312 e. The number of rotatable bonds is 5. The summed E-state index contributed by atoms with van der Waals surface area (Å²) in [5, 5.41) is 6.49. The van der Waals surface area contributed by atoms with Crippen molar-refractivity contribution in [3.8, 4) is 11.3 Å². The molecule has 0 spiro atoms. The normalized spacial score (nSPS) is 19.9. The van der Waals surface area contributed by atoms with Crippen molar-refractivity contribution in [2.45, 2.75) is 32.4 Å². The summed E-state index contributed by atoms with van der Waals surface area (Å²) in [6, 6.07) is 4.14. The second-order valence-corrected chi connectivity index (χ2v) is 7.29. The van der Waals surface area contributed by atoms with Crippen LogP contribution in [0.15, 0.2) is 28.8 Å². The van der Waals surface area contributed by atoms with Gasteiger partial charge in [-0.1, -0.05) is 5.16 Å². The van der Waals surface area contributed by atoms with Gasteiger partial charge >= 0.3 is 5.97 Å². The zero-order chi connectivity index (χ0) is 21.1. The summed E-state index contributed by atoms with van der Waals surface area (Å²) in [6.07, 6.45) is 0.570. The van der Waals surface area contributed by atoms with Crippen LogP contribution in [0, 0.1) is 17.6 Å². The third-order valence-corrected chi connectivity index (χ3v) is 5.13. The van der Waals surface area contributed by atoms with Gasteiger partial charge in [-0.15, -0.1) is 0 Å². The van der Waals surface area contributed by atoms with Crippen LogP contribution in [-0.2, 0) is 9.53 Å². The Hall–Kier alpha value is -2.81. The highest BCUT2D eigenvalue weighted by molar-refractivity contribution is 5.93. The molecule has 2 atom stereocenters. The smallest absolute Gasteiger partial charge is 0.312 e. The van der Waals surface area contributed by atoms with Crippen molar-refractivity contribution in [1.82, 2.24) is 15.4 Å². The van der Waals surface area contributed by atoms with E-state index in [0.717, 1.165) is 18.7 Å². The molecule has 3 rings (SSSR count). The van der Waals surface area contributed by atoms with E-state index in [1.165, 1.54) is 19.2 Å². The van der Waals surface area contributed by atoms with Crippen molar-refractivity contribution in [1.29, 1.82) is 0 Å². The van der Waals surface area contributed by atoms with Crippen LogP contribution in [0.4, 0.5) is 8.78 Å². The molecule has 0 radical (unpaired) electrons. The number of aromatic nitrogens is 1. The van der Waals surface area contributed by atoms with Crippen LogP contribution < -0.4 is 5.32 Å². The number of benzene rings is 1. The topological polar surface area (TPSA) is 84.7 Å². The average Bonchev–Trinajstić information content (AvgIpc) is 3.17. The van der Waals surface area contributed by atoms with Gasteiger partial charge in [-0.05, 0) is 32.4 Å². The summed E-state index contributed by atoms with van der Waals surface area (Å²) >= 11 is 0. The van der Waals surface area contributed by atoms with Gasteiger partial charge in [-0.3, -0.25) is 14.5 Å². The van der Waals surface area contributed by atoms with Gasteiger partial charge in [0.15, 0.2) is 11.5 Å². The Bertz CT molecular complexity index is 900. The highest BCUT2D eigenvalue weighted by Crippen LogP contribution is 2.25. The number of halogens is 2. The summed E-state index contributed by atoms with van der Waals surface area (Å²) in [5.41, 5.74) is -0.0609. The van der Waals surface area contributed by atoms with Gasteiger partial charge < -0.3 is 14.6 Å². The highest BCUT2D eigenvalue weighted by Gasteiger charge is 2.37. The quantitative estimate of drug-likeness (QED) is 0.767. The number of carbonyl (C=O) groups is 2. The average molecular weight is 407 g/mol. The number of amides is 1. The Morgan fingerprint density at radius 2 is 2.07 bits per heavy atom. The fourth-order valence-electron chi connectivity index (χ4n) is 3.45. The van der Waals surface area contributed by atoms with E-state index in [2.05, 4.69) is 15.4 Å². The molecule has 1 aromatic carbocycles. The molecule has 7 nitrogen and oxygen atoms in total. The molecule has 2 aromatic rings. The monoisotopic (exact) mass is 407 g/mol. The van der Waals surface area contributed by atoms with Crippen LogP contribution >= 0.6 is 0 Å². The Morgan fingerprint density at radius 1 is 1.31 bits per heavy atom. The van der Waals surface area contributed by atoms with Crippen LogP contribution in [0.1, 0.15) is 30.8 Å². The molecule has 0 unspecified atom stereocenters. The predicted octanol–water partition coefficient (Wildman–Crippen LogP) is 2.62. The van der Waals surface area contributed by atoms with Crippen LogP contribution in [0.3, 0.4) is 0 Å². The number of esters is 1. The molecule has 156 valence electrons. The standard InChI is InChI=1S/C20H23F2N3O4/c1-11(2)25-7-6-16(14(10-25)20(27)28-3)23-19(26)17-9-18(29-24-17)13-5-4-12(21)8-15(13)22/h4-5,8-9,11,14,16H,6-7,10H2,1-3H3,(H,23,26)/t14-,16-/m1/s1. The number of hydrogen-bond donors (Lipinski definition) is 1. The lowest BCUT2D eigenvalue weighted by molar-refractivity contribution is -0.148. The van der Waals surface area contributed by atoms with E-state index in [4.69, 9.17) is 9.26 Å². The van der Waals surface area contributed by atoms with Crippen molar-refractivity contribution in [3.05, 3.63) is 41.6 Å². The zero-order valence-corrected chi connectivity index (χ0v) is 16.4. The minimum atomic E-state index is -0.820. The fraction of sp³-hybridized carbons (Fsp3) is 0.450. The molecule has 1 N–H and O–H groups in total. The van der Waals surface area contributed by atoms with Crippen molar-refractivity contribution in [3.63, 3.8) is 0 Å². The van der Waals surface area contributed by atoms with Crippen LogP contribution in [0.5, 0.6) is 0 Å². The van der Waals surface area contributed by atoms with E-state index in [-0.39, 0.29) is 23.1 Å². The first-order chi connectivity index (χ1) is 13.8. The molecule has 29 heavy (non-hydrogen) atoms. The predicted molar refractivity (Wildman–Crippen MR) is 99.9 cm³/mol. The van der Waals surface area contributed by atoms with Crippen molar-refractivity contribution in [2.75, 3.05) is 20.2 Å². The molecule has 0 bridgehead atoms. The maximum absolute atomic E-state index is 13.9. The second kappa shape index (κ2) is 8.69. The first kappa shape index (κ1) is 20.9. The molecule has 0 aliphatic carbocycles. The third-order valence-electron chi connectivity index (χ3n) is 5.13. The molecule has 1 aliphatic rings. The van der Waals surface area contributed by atoms with Crippen molar-refractivity contribution < 1.29 is 27.6 Å². The van der Waals surface area contributed by atoms with Gasteiger partial charge in [0.05, 0.1) is 18.6 Å². The summed E-state index contributed by atoms with van der Waals surface area (Å²) < 4.78 is 36.9. The number of nitrogens with zero attached hydrogens (tertiary/aromatic N) is 2. The molecule has 9 heteroatoms. The van der Waals surface area contributed by atoms with Crippen LogP contribution in [-0.4, -0.2) is 54.2 Å². The summed E-state index contributed by atoms with van der Waals surface area (Å²) in [7, 11) is 1.32. The van der Waals surface area contributed by atoms with E-state index in [1.807, 2.05) is 13.8 Å². The van der Waals surface area contributed by atoms with E-state index in [0.29, 0.717) is 13.0 Å². The Labute approximate surface area is 167 Å². The minimum absolute atomic E-state index is 0.00405. The minimum Gasteiger partial charge on any atom is -0.469 e. The van der Waals surface area contributed by atoms with E-state index < -0.39 is 35.5 Å². The lowest BCUT2D eigenvalue weighted by Gasteiger charge is -2.39. The Kier molecular flexibility index (Phi) is 6.26. The molecule has 2 heterocycles. The molecular weight excluding hydrogens is 384 g/mol. The molecule has 1 aromatic heterocycles. The summed E-state index contributed by atoms with van der Waals surface area (Å²) in [6.45, 7) is 5.28. The van der Waals surface area contributed by atoms with Gasteiger partial charge in [0.25, 0.3) is 5.91 Å². The van der Waals surface area contributed by atoms with Crippen molar-refractivity contribution >= 4 is 11.9 Å².